The van der Waals surface area contributed by atoms with E-state index in [4.69, 9.17) is 14.0 Å². The molecule has 280 valence electrons. The van der Waals surface area contributed by atoms with Crippen LogP contribution >= 0.6 is 7.82 Å². The number of allylic oxidation sites excluding steroid dienone is 6. The van der Waals surface area contributed by atoms with E-state index in [1.165, 1.54) is 70.6 Å². The van der Waals surface area contributed by atoms with Crippen LogP contribution in [0.1, 0.15) is 174 Å². The second-order valence-corrected chi connectivity index (χ2v) is 14.2. The van der Waals surface area contributed by atoms with E-state index in [1.54, 1.807) is 0 Å². The summed E-state index contributed by atoms with van der Waals surface area (Å²) >= 11 is 0. The Balaban J connectivity index is 4.07. The number of carbonyl (C=O) groups is 2. The summed E-state index contributed by atoms with van der Waals surface area (Å²) in [5.74, 6) is -0.821. The fourth-order valence-electron chi connectivity index (χ4n) is 5.20. The molecule has 0 aromatic rings. The number of hydrogen-bond donors (Lipinski definition) is 1. The minimum absolute atomic E-state index is 0.226. The van der Waals surface area contributed by atoms with Crippen LogP contribution in [-0.4, -0.2) is 43.3 Å². The van der Waals surface area contributed by atoms with Crippen LogP contribution in [0.4, 0.5) is 0 Å². The smallest absolute Gasteiger partial charge is 0.462 e. The number of ether oxygens (including phenoxy) is 2. The Morgan fingerprint density at radius 2 is 1.06 bits per heavy atom. The first-order chi connectivity index (χ1) is 23.3. The molecule has 0 rings (SSSR count). The molecular formula is C39H71O8P. The number of carbonyl (C=O) groups excluding carboxylic acids is 2. The van der Waals surface area contributed by atoms with Gasteiger partial charge in [-0.15, -0.1) is 0 Å². The van der Waals surface area contributed by atoms with Gasteiger partial charge in [0, 0.05) is 20.0 Å². The highest BCUT2D eigenvalue weighted by molar-refractivity contribution is 7.47. The highest BCUT2D eigenvalue weighted by Crippen LogP contribution is 2.42. The quantitative estimate of drug-likeness (QED) is 0.0301. The molecule has 8 nitrogen and oxygen atoms in total. The van der Waals surface area contributed by atoms with Gasteiger partial charge in [-0.25, -0.2) is 4.57 Å². The van der Waals surface area contributed by atoms with Gasteiger partial charge in [0.05, 0.1) is 6.61 Å². The van der Waals surface area contributed by atoms with E-state index in [0.29, 0.717) is 12.8 Å². The van der Waals surface area contributed by atoms with Crippen LogP contribution in [-0.2, 0) is 32.7 Å². The lowest BCUT2D eigenvalue weighted by Gasteiger charge is -2.19. The third-order valence-corrected chi connectivity index (χ3v) is 9.09. The second kappa shape index (κ2) is 35.1. The first kappa shape index (κ1) is 46.3. The number of esters is 2. The predicted octanol–water partition coefficient (Wildman–Crippen LogP) is 11.7. The molecule has 0 aromatic heterocycles. The molecule has 0 fully saturated rings. The van der Waals surface area contributed by atoms with E-state index in [-0.39, 0.29) is 19.0 Å². The van der Waals surface area contributed by atoms with Crippen LogP contribution in [0.2, 0.25) is 0 Å². The summed E-state index contributed by atoms with van der Waals surface area (Å²) < 4.78 is 31.9. The molecule has 0 aliphatic heterocycles. The Morgan fingerprint density at radius 3 is 1.58 bits per heavy atom. The maximum absolute atomic E-state index is 12.4. The normalized spacial score (nSPS) is 13.8. The highest BCUT2D eigenvalue weighted by atomic mass is 31.2. The van der Waals surface area contributed by atoms with Crippen LogP contribution in [0, 0.1) is 0 Å². The predicted molar refractivity (Wildman–Crippen MR) is 198 cm³/mol. The van der Waals surface area contributed by atoms with E-state index in [1.807, 2.05) is 0 Å². The van der Waals surface area contributed by atoms with Crippen molar-refractivity contribution in [1.82, 2.24) is 0 Å². The Hall–Kier alpha value is -1.73. The van der Waals surface area contributed by atoms with Crippen LogP contribution in [0.3, 0.4) is 0 Å². The van der Waals surface area contributed by atoms with E-state index < -0.39 is 26.5 Å². The fourth-order valence-corrected chi connectivity index (χ4v) is 5.66. The highest BCUT2D eigenvalue weighted by Gasteiger charge is 2.24. The number of rotatable bonds is 35. The van der Waals surface area contributed by atoms with Crippen molar-refractivity contribution in [1.29, 1.82) is 0 Å². The van der Waals surface area contributed by atoms with Crippen molar-refractivity contribution >= 4 is 19.8 Å². The van der Waals surface area contributed by atoms with Gasteiger partial charge in [0.1, 0.15) is 6.61 Å². The lowest BCUT2D eigenvalue weighted by molar-refractivity contribution is -0.161. The molecule has 0 aliphatic carbocycles. The molecule has 0 saturated carbocycles. The molecule has 2 atom stereocenters. The van der Waals surface area contributed by atoms with Crippen molar-refractivity contribution in [3.8, 4) is 0 Å². The summed E-state index contributed by atoms with van der Waals surface area (Å²) in [5.41, 5.74) is 0. The molecule has 0 bridgehead atoms. The molecule has 2 unspecified atom stereocenters. The van der Waals surface area contributed by atoms with Crippen molar-refractivity contribution in [3.63, 3.8) is 0 Å². The van der Waals surface area contributed by atoms with Crippen LogP contribution in [0.5, 0.6) is 0 Å². The number of hydrogen-bond acceptors (Lipinski definition) is 7. The number of unbranched alkanes of at least 4 members (excludes halogenated alkanes) is 18. The maximum atomic E-state index is 12.4. The van der Waals surface area contributed by atoms with Gasteiger partial charge < -0.3 is 14.4 Å². The van der Waals surface area contributed by atoms with Crippen LogP contribution in [0.15, 0.2) is 36.5 Å². The largest absolute Gasteiger partial charge is 0.472 e. The zero-order valence-corrected chi connectivity index (χ0v) is 31.8. The first-order valence-corrected chi connectivity index (χ1v) is 20.7. The van der Waals surface area contributed by atoms with Crippen molar-refractivity contribution in [2.45, 2.75) is 180 Å². The van der Waals surface area contributed by atoms with Gasteiger partial charge in [-0.1, -0.05) is 153 Å². The fraction of sp³-hybridized carbons (Fsp3) is 0.795. The second-order valence-electron chi connectivity index (χ2n) is 12.7. The van der Waals surface area contributed by atoms with Gasteiger partial charge >= 0.3 is 19.8 Å². The topological polar surface area (TPSA) is 108 Å². The minimum Gasteiger partial charge on any atom is -0.462 e. The lowest BCUT2D eigenvalue weighted by atomic mass is 10.0. The average Bonchev–Trinajstić information content (AvgIpc) is 3.07. The molecule has 1 N–H and O–H groups in total. The van der Waals surface area contributed by atoms with E-state index in [2.05, 4.69) is 54.8 Å². The third-order valence-electron chi connectivity index (χ3n) is 8.15. The van der Waals surface area contributed by atoms with Gasteiger partial charge in [0.25, 0.3) is 0 Å². The number of phosphoric ester groups is 1. The summed E-state index contributed by atoms with van der Waals surface area (Å²) in [7, 11) is -3.20. The Bertz CT molecular complexity index is 885. The van der Waals surface area contributed by atoms with Gasteiger partial charge in [0.2, 0.25) is 0 Å². The van der Waals surface area contributed by atoms with E-state index in [0.717, 1.165) is 77.7 Å². The average molecular weight is 699 g/mol. The summed E-state index contributed by atoms with van der Waals surface area (Å²) in [5, 5.41) is 0. The molecule has 0 aliphatic rings. The van der Waals surface area contributed by atoms with Crippen LogP contribution in [0.25, 0.3) is 0 Å². The van der Waals surface area contributed by atoms with Crippen molar-refractivity contribution < 1.29 is 37.6 Å². The number of phosphoric acid groups is 1. The summed E-state index contributed by atoms with van der Waals surface area (Å²) in [6.45, 7) is 3.76. The van der Waals surface area contributed by atoms with E-state index >= 15 is 0 Å². The minimum atomic E-state index is -4.26. The van der Waals surface area contributed by atoms with Gasteiger partial charge in [-0.2, -0.15) is 0 Å². The summed E-state index contributed by atoms with van der Waals surface area (Å²) in [4.78, 5) is 34.3. The Labute approximate surface area is 294 Å². The van der Waals surface area contributed by atoms with Gasteiger partial charge in [-0.05, 0) is 44.9 Å². The van der Waals surface area contributed by atoms with Crippen molar-refractivity contribution in [2.24, 2.45) is 0 Å². The zero-order valence-electron chi connectivity index (χ0n) is 30.9. The van der Waals surface area contributed by atoms with Crippen molar-refractivity contribution in [3.05, 3.63) is 36.5 Å². The molecule has 48 heavy (non-hydrogen) atoms. The van der Waals surface area contributed by atoms with E-state index in [9.17, 15) is 19.0 Å². The van der Waals surface area contributed by atoms with Gasteiger partial charge in [-0.3, -0.25) is 18.6 Å². The zero-order chi connectivity index (χ0) is 35.4. The lowest BCUT2D eigenvalue weighted by Crippen LogP contribution is -2.29. The molecule has 0 heterocycles. The first-order valence-electron chi connectivity index (χ1n) is 19.2. The van der Waals surface area contributed by atoms with Crippen LogP contribution < -0.4 is 0 Å². The summed E-state index contributed by atoms with van der Waals surface area (Å²) in [6.07, 6.45) is 39.0. The Kier molecular flexibility index (Phi) is 33.8. The molecule has 0 aromatic carbocycles. The monoisotopic (exact) mass is 698 g/mol. The molecule has 0 amide bonds. The molecule has 0 radical (unpaired) electrons. The van der Waals surface area contributed by atoms with Crippen molar-refractivity contribution in [2.75, 3.05) is 20.3 Å². The SMILES string of the molecule is CC/C=C\C/C=C\C/C=C\CCCCCCCC(=O)OC(COC(=O)CCCCCCCCCCCCCCCC)COP(=O)(O)OC. The molecule has 9 heteroatoms. The molecule has 0 spiro atoms. The molecule has 0 saturated heterocycles. The Morgan fingerprint density at radius 1 is 0.604 bits per heavy atom. The van der Waals surface area contributed by atoms with Gasteiger partial charge in [0.15, 0.2) is 6.10 Å². The summed E-state index contributed by atoms with van der Waals surface area (Å²) in [6, 6.07) is 0. The standard InChI is InChI=1S/C39H71O8P/c1-4-6-8-10-12-14-16-18-20-22-24-26-28-30-32-34-39(41)47-37(36-46-48(42,43)44-3)35-45-38(40)33-31-29-27-25-23-21-19-17-15-13-11-9-7-5-2/h6,8,12,14,18,20,37H,4-5,7,9-11,13,15-17,19,21-36H2,1-3H3,(H,42,43)/b8-6-,14-12-,20-18-. The maximum Gasteiger partial charge on any atom is 0.472 e. The molecular weight excluding hydrogens is 627 g/mol. The third kappa shape index (κ3) is 34.1.